The maximum absolute atomic E-state index is 13.5. The minimum atomic E-state index is -0.877. The molecule has 0 aromatic heterocycles. The highest BCUT2D eigenvalue weighted by atomic mass is 35.5. The summed E-state index contributed by atoms with van der Waals surface area (Å²) in [6.07, 6.45) is -0.802. The fraction of sp³-hybridized carbons (Fsp3) is 0.200. The summed E-state index contributed by atoms with van der Waals surface area (Å²) in [6, 6.07) is 8.51. The van der Waals surface area contributed by atoms with E-state index in [-0.39, 0.29) is 12.0 Å². The normalized spacial score (nSPS) is 12.5. The van der Waals surface area contributed by atoms with Crippen LogP contribution in [0.25, 0.3) is 0 Å². The molecule has 0 saturated heterocycles. The lowest BCUT2D eigenvalue weighted by Gasteiger charge is -2.13. The molecule has 1 nitrogen and oxygen atoms in total. The number of halogens is 3. The molecule has 2 rings (SSSR count). The van der Waals surface area contributed by atoms with Crippen LogP contribution in [-0.4, -0.2) is 5.11 Å². The van der Waals surface area contributed by atoms with Gasteiger partial charge in [-0.25, -0.2) is 8.78 Å². The van der Waals surface area contributed by atoms with Gasteiger partial charge in [-0.15, -0.1) is 0 Å². The van der Waals surface area contributed by atoms with Gasteiger partial charge < -0.3 is 5.11 Å². The molecule has 19 heavy (non-hydrogen) atoms. The zero-order valence-corrected chi connectivity index (χ0v) is 11.1. The van der Waals surface area contributed by atoms with Crippen molar-refractivity contribution in [2.24, 2.45) is 0 Å². The van der Waals surface area contributed by atoms with Crippen LogP contribution in [0.4, 0.5) is 8.78 Å². The molecule has 0 heterocycles. The van der Waals surface area contributed by atoms with Crippen LogP contribution in [0, 0.1) is 18.6 Å². The summed E-state index contributed by atoms with van der Waals surface area (Å²) in [5.74, 6) is -1.29. The fourth-order valence-electron chi connectivity index (χ4n) is 1.83. The highest BCUT2D eigenvalue weighted by Crippen LogP contribution is 2.24. The van der Waals surface area contributed by atoms with E-state index in [4.69, 9.17) is 11.6 Å². The third kappa shape index (κ3) is 3.31. The second-order valence-corrected chi connectivity index (χ2v) is 4.87. The van der Waals surface area contributed by atoms with Gasteiger partial charge in [-0.05, 0) is 35.7 Å². The van der Waals surface area contributed by atoms with Crippen molar-refractivity contribution in [3.63, 3.8) is 0 Å². The zero-order chi connectivity index (χ0) is 14.0. The molecule has 0 aliphatic heterocycles. The monoisotopic (exact) mass is 282 g/mol. The molecule has 4 heteroatoms. The maximum Gasteiger partial charge on any atom is 0.129 e. The molecule has 0 saturated carbocycles. The Morgan fingerprint density at radius 2 is 1.89 bits per heavy atom. The average Bonchev–Trinajstić information content (AvgIpc) is 2.36. The van der Waals surface area contributed by atoms with Crippen molar-refractivity contribution in [1.82, 2.24) is 0 Å². The van der Waals surface area contributed by atoms with Crippen molar-refractivity contribution in [2.75, 3.05) is 0 Å². The third-order valence-corrected chi connectivity index (χ3v) is 3.42. The highest BCUT2D eigenvalue weighted by molar-refractivity contribution is 6.31. The van der Waals surface area contributed by atoms with Gasteiger partial charge in [-0.2, -0.15) is 0 Å². The van der Waals surface area contributed by atoms with E-state index in [2.05, 4.69) is 0 Å². The number of aliphatic hydroxyl groups is 1. The lowest BCUT2D eigenvalue weighted by Crippen LogP contribution is -2.04. The number of aliphatic hydroxyl groups excluding tert-OH is 1. The van der Waals surface area contributed by atoms with Crippen molar-refractivity contribution in [3.05, 3.63) is 69.7 Å². The SMILES string of the molecule is Cc1ccc(C(O)Cc2ccc(F)cc2F)cc1Cl. The van der Waals surface area contributed by atoms with E-state index in [1.807, 2.05) is 6.92 Å². The molecule has 1 unspecified atom stereocenters. The van der Waals surface area contributed by atoms with Crippen LogP contribution in [-0.2, 0) is 6.42 Å². The van der Waals surface area contributed by atoms with Gasteiger partial charge in [0.1, 0.15) is 11.6 Å². The van der Waals surface area contributed by atoms with Crippen molar-refractivity contribution in [2.45, 2.75) is 19.4 Å². The van der Waals surface area contributed by atoms with E-state index in [0.29, 0.717) is 10.6 Å². The molecule has 0 aliphatic carbocycles. The van der Waals surface area contributed by atoms with Gasteiger partial charge in [0.25, 0.3) is 0 Å². The molecule has 0 bridgehead atoms. The first-order valence-corrected chi connectivity index (χ1v) is 6.23. The fourth-order valence-corrected chi connectivity index (χ4v) is 2.02. The van der Waals surface area contributed by atoms with Gasteiger partial charge in [0.2, 0.25) is 0 Å². The first kappa shape index (κ1) is 14.0. The molecule has 0 fully saturated rings. The Morgan fingerprint density at radius 1 is 1.16 bits per heavy atom. The van der Waals surface area contributed by atoms with E-state index >= 15 is 0 Å². The number of hydrogen-bond acceptors (Lipinski definition) is 1. The molecule has 0 radical (unpaired) electrons. The first-order valence-electron chi connectivity index (χ1n) is 5.85. The molecule has 0 aliphatic rings. The second-order valence-electron chi connectivity index (χ2n) is 4.46. The Kier molecular flexibility index (Phi) is 4.17. The second kappa shape index (κ2) is 5.68. The van der Waals surface area contributed by atoms with Crippen molar-refractivity contribution in [1.29, 1.82) is 0 Å². The number of rotatable bonds is 3. The Hall–Kier alpha value is -1.45. The van der Waals surface area contributed by atoms with Gasteiger partial charge in [-0.1, -0.05) is 29.8 Å². The summed E-state index contributed by atoms with van der Waals surface area (Å²) < 4.78 is 26.3. The lowest BCUT2D eigenvalue weighted by atomic mass is 10.00. The molecular formula is C15H13ClF2O. The standard InChI is InChI=1S/C15H13ClF2O/c1-9-2-3-11(6-13(9)16)15(19)7-10-4-5-12(17)8-14(10)18/h2-6,8,15,19H,7H2,1H3. The van der Waals surface area contributed by atoms with E-state index < -0.39 is 17.7 Å². The summed E-state index contributed by atoms with van der Waals surface area (Å²) in [4.78, 5) is 0. The Morgan fingerprint density at radius 3 is 2.53 bits per heavy atom. The van der Waals surface area contributed by atoms with E-state index in [0.717, 1.165) is 11.6 Å². The minimum Gasteiger partial charge on any atom is -0.388 e. The molecular weight excluding hydrogens is 270 g/mol. The van der Waals surface area contributed by atoms with Crippen LogP contribution in [0.15, 0.2) is 36.4 Å². The van der Waals surface area contributed by atoms with Crippen molar-refractivity contribution in [3.8, 4) is 0 Å². The van der Waals surface area contributed by atoms with Gasteiger partial charge >= 0.3 is 0 Å². The smallest absolute Gasteiger partial charge is 0.129 e. The molecule has 0 amide bonds. The summed E-state index contributed by atoms with van der Waals surface area (Å²) >= 11 is 5.98. The summed E-state index contributed by atoms with van der Waals surface area (Å²) in [5, 5.41) is 10.6. The van der Waals surface area contributed by atoms with Crippen LogP contribution >= 0.6 is 11.6 Å². The third-order valence-electron chi connectivity index (χ3n) is 3.01. The minimum absolute atomic E-state index is 0.0749. The molecule has 1 N–H and O–H groups in total. The lowest BCUT2D eigenvalue weighted by molar-refractivity contribution is 0.177. The van der Waals surface area contributed by atoms with Crippen molar-refractivity contribution < 1.29 is 13.9 Å². The Balaban J connectivity index is 2.20. The Bertz CT molecular complexity index is 599. The molecule has 100 valence electrons. The number of hydrogen-bond donors (Lipinski definition) is 1. The van der Waals surface area contributed by atoms with E-state index in [9.17, 15) is 13.9 Å². The van der Waals surface area contributed by atoms with E-state index in [1.54, 1.807) is 18.2 Å². The predicted octanol–water partition coefficient (Wildman–Crippen LogP) is 4.20. The summed E-state index contributed by atoms with van der Waals surface area (Å²) in [6.45, 7) is 1.86. The summed E-state index contributed by atoms with van der Waals surface area (Å²) in [5.41, 5.74) is 1.79. The quantitative estimate of drug-likeness (QED) is 0.894. The van der Waals surface area contributed by atoms with Gasteiger partial charge in [0.05, 0.1) is 6.10 Å². The highest BCUT2D eigenvalue weighted by Gasteiger charge is 2.13. The molecule has 0 spiro atoms. The molecule has 1 atom stereocenters. The van der Waals surface area contributed by atoms with Gasteiger partial charge in [0, 0.05) is 17.5 Å². The Labute approximate surface area is 115 Å². The van der Waals surface area contributed by atoms with Gasteiger partial charge in [-0.3, -0.25) is 0 Å². The van der Waals surface area contributed by atoms with E-state index in [1.165, 1.54) is 12.1 Å². The van der Waals surface area contributed by atoms with Crippen LogP contribution in [0.1, 0.15) is 22.8 Å². The molecule has 2 aromatic carbocycles. The predicted molar refractivity (Wildman–Crippen MR) is 71.2 cm³/mol. The maximum atomic E-state index is 13.5. The van der Waals surface area contributed by atoms with Crippen molar-refractivity contribution >= 4 is 11.6 Å². The zero-order valence-electron chi connectivity index (χ0n) is 10.3. The average molecular weight is 283 g/mol. The number of benzene rings is 2. The van der Waals surface area contributed by atoms with Crippen LogP contribution < -0.4 is 0 Å². The molecule has 2 aromatic rings. The number of aryl methyl sites for hydroxylation is 1. The van der Waals surface area contributed by atoms with Crippen LogP contribution in [0.3, 0.4) is 0 Å². The van der Waals surface area contributed by atoms with Gasteiger partial charge in [0.15, 0.2) is 0 Å². The summed E-state index contributed by atoms with van der Waals surface area (Å²) in [7, 11) is 0. The topological polar surface area (TPSA) is 20.2 Å². The van der Waals surface area contributed by atoms with Crippen LogP contribution in [0.2, 0.25) is 5.02 Å². The first-order chi connectivity index (χ1) is 8.97. The largest absolute Gasteiger partial charge is 0.388 e. The van der Waals surface area contributed by atoms with Crippen LogP contribution in [0.5, 0.6) is 0 Å².